The maximum absolute atomic E-state index is 13.2. The zero-order valence-corrected chi connectivity index (χ0v) is 20.8. The normalized spacial score (nSPS) is 15.8. The monoisotopic (exact) mass is 518 g/mol. The summed E-state index contributed by atoms with van der Waals surface area (Å²) in [5.41, 5.74) is 2.90. The van der Waals surface area contributed by atoms with E-state index in [0.29, 0.717) is 5.69 Å². The Morgan fingerprint density at radius 3 is 2.32 bits per heavy atom. The van der Waals surface area contributed by atoms with E-state index in [-0.39, 0.29) is 17.9 Å². The lowest BCUT2D eigenvalue weighted by molar-refractivity contribution is -0.137. The van der Waals surface area contributed by atoms with Crippen molar-refractivity contribution in [3.63, 3.8) is 0 Å². The molecule has 3 heterocycles. The van der Waals surface area contributed by atoms with Gasteiger partial charge in [-0.25, -0.2) is 0 Å². The maximum atomic E-state index is 13.2. The van der Waals surface area contributed by atoms with Gasteiger partial charge in [-0.3, -0.25) is 14.7 Å². The van der Waals surface area contributed by atoms with E-state index in [2.05, 4.69) is 15.2 Å². The SMILES string of the molecule is O=C(NC(c1ccccc1)c1ccccn1)C1CCN(Cc2ccn(-c3ccc(C(F)(F)F)cc3)c2)CC1. The van der Waals surface area contributed by atoms with Crippen LogP contribution in [0.5, 0.6) is 0 Å². The average Bonchev–Trinajstić information content (AvgIpc) is 3.41. The zero-order valence-electron chi connectivity index (χ0n) is 20.8. The van der Waals surface area contributed by atoms with Crippen LogP contribution in [0.3, 0.4) is 0 Å². The lowest BCUT2D eigenvalue weighted by Crippen LogP contribution is -2.41. The molecule has 0 saturated carbocycles. The number of carbonyl (C=O) groups excluding carboxylic acids is 1. The Labute approximate surface area is 219 Å². The Hall–Kier alpha value is -3.91. The highest BCUT2D eigenvalue weighted by Gasteiger charge is 2.30. The van der Waals surface area contributed by atoms with Crippen LogP contribution in [0.4, 0.5) is 13.2 Å². The molecule has 4 aromatic rings. The second-order valence-corrected chi connectivity index (χ2v) is 9.63. The number of hydrogen-bond donors (Lipinski definition) is 1. The summed E-state index contributed by atoms with van der Waals surface area (Å²) in [6, 6.07) is 22.4. The molecule has 1 atom stereocenters. The number of aromatic nitrogens is 2. The second kappa shape index (κ2) is 11.2. The molecule has 196 valence electrons. The first kappa shape index (κ1) is 25.7. The predicted octanol–water partition coefficient (Wildman–Crippen LogP) is 6.01. The maximum Gasteiger partial charge on any atom is 0.416 e. The van der Waals surface area contributed by atoms with Gasteiger partial charge >= 0.3 is 6.18 Å². The molecule has 2 aromatic carbocycles. The topological polar surface area (TPSA) is 50.2 Å². The molecule has 8 heteroatoms. The smallest absolute Gasteiger partial charge is 0.343 e. The number of pyridine rings is 1. The molecule has 38 heavy (non-hydrogen) atoms. The molecule has 1 aliphatic heterocycles. The van der Waals surface area contributed by atoms with E-state index < -0.39 is 11.7 Å². The van der Waals surface area contributed by atoms with E-state index in [9.17, 15) is 18.0 Å². The average molecular weight is 519 g/mol. The molecule has 1 saturated heterocycles. The van der Waals surface area contributed by atoms with Gasteiger partial charge in [-0.05, 0) is 79.5 Å². The summed E-state index contributed by atoms with van der Waals surface area (Å²) in [5.74, 6) is -0.0319. The van der Waals surface area contributed by atoms with Crippen molar-refractivity contribution in [2.45, 2.75) is 31.6 Å². The fraction of sp³-hybridized carbons (Fsp3) is 0.267. The van der Waals surface area contributed by atoms with Crippen LogP contribution in [0.15, 0.2) is 97.5 Å². The summed E-state index contributed by atoms with van der Waals surface area (Å²) < 4.78 is 40.4. The number of amides is 1. The van der Waals surface area contributed by atoms with E-state index in [1.807, 2.05) is 71.6 Å². The minimum absolute atomic E-state index is 0.0395. The van der Waals surface area contributed by atoms with Crippen molar-refractivity contribution >= 4 is 5.91 Å². The molecule has 1 aliphatic rings. The lowest BCUT2D eigenvalue weighted by Gasteiger charge is -2.32. The first-order valence-electron chi connectivity index (χ1n) is 12.7. The number of carbonyl (C=O) groups is 1. The molecule has 2 aromatic heterocycles. The Morgan fingerprint density at radius 1 is 0.947 bits per heavy atom. The van der Waals surface area contributed by atoms with Gasteiger partial charge in [0.2, 0.25) is 5.91 Å². The molecule has 1 N–H and O–H groups in total. The van der Waals surface area contributed by atoms with Crippen molar-refractivity contribution in [3.8, 4) is 5.69 Å². The van der Waals surface area contributed by atoms with Gasteiger partial charge < -0.3 is 9.88 Å². The summed E-state index contributed by atoms with van der Waals surface area (Å²) in [6.45, 7) is 2.31. The molecular weight excluding hydrogens is 489 g/mol. The van der Waals surface area contributed by atoms with E-state index in [1.165, 1.54) is 12.1 Å². The van der Waals surface area contributed by atoms with Crippen LogP contribution in [0.1, 0.15) is 41.3 Å². The first-order valence-corrected chi connectivity index (χ1v) is 12.7. The number of piperidine rings is 1. The van der Waals surface area contributed by atoms with Crippen LogP contribution in [0, 0.1) is 5.92 Å². The van der Waals surface area contributed by atoms with E-state index >= 15 is 0 Å². The van der Waals surface area contributed by atoms with Gasteiger partial charge in [0.05, 0.1) is 17.3 Å². The van der Waals surface area contributed by atoms with Gasteiger partial charge in [-0.1, -0.05) is 36.4 Å². The third kappa shape index (κ3) is 6.14. The van der Waals surface area contributed by atoms with Crippen molar-refractivity contribution in [3.05, 3.63) is 120 Å². The van der Waals surface area contributed by atoms with Crippen LogP contribution < -0.4 is 5.32 Å². The molecule has 1 unspecified atom stereocenters. The number of rotatable bonds is 7. The Balaban J connectivity index is 1.17. The fourth-order valence-electron chi connectivity index (χ4n) is 4.91. The van der Waals surface area contributed by atoms with Crippen LogP contribution in [0.25, 0.3) is 5.69 Å². The van der Waals surface area contributed by atoms with Crippen molar-refractivity contribution in [1.29, 1.82) is 0 Å². The molecule has 1 fully saturated rings. The highest BCUT2D eigenvalue weighted by molar-refractivity contribution is 5.79. The van der Waals surface area contributed by atoms with Crippen LogP contribution in [0.2, 0.25) is 0 Å². The zero-order chi connectivity index (χ0) is 26.5. The Kier molecular flexibility index (Phi) is 7.60. The molecule has 0 aliphatic carbocycles. The number of likely N-dealkylation sites (tertiary alicyclic amines) is 1. The van der Waals surface area contributed by atoms with Gasteiger partial charge in [-0.15, -0.1) is 0 Å². The van der Waals surface area contributed by atoms with Crippen LogP contribution >= 0.6 is 0 Å². The quantitative estimate of drug-likeness (QED) is 0.326. The molecule has 5 nitrogen and oxygen atoms in total. The molecule has 0 spiro atoms. The summed E-state index contributed by atoms with van der Waals surface area (Å²) in [7, 11) is 0. The molecule has 0 radical (unpaired) electrons. The van der Waals surface area contributed by atoms with Gasteiger partial charge in [0.25, 0.3) is 0 Å². The highest BCUT2D eigenvalue weighted by Crippen LogP contribution is 2.30. The third-order valence-electron chi connectivity index (χ3n) is 7.01. The molecule has 0 bridgehead atoms. The first-order chi connectivity index (χ1) is 18.4. The Morgan fingerprint density at radius 2 is 1.66 bits per heavy atom. The summed E-state index contributed by atoms with van der Waals surface area (Å²) in [4.78, 5) is 20.0. The van der Waals surface area contributed by atoms with Crippen molar-refractivity contribution < 1.29 is 18.0 Å². The fourth-order valence-corrected chi connectivity index (χ4v) is 4.91. The summed E-state index contributed by atoms with van der Waals surface area (Å²) in [5, 5.41) is 3.22. The molecular formula is C30H29F3N4O. The number of benzene rings is 2. The van der Waals surface area contributed by atoms with Gasteiger partial charge in [0, 0.05) is 36.7 Å². The van der Waals surface area contributed by atoms with Crippen molar-refractivity contribution in [2.24, 2.45) is 5.92 Å². The van der Waals surface area contributed by atoms with Gasteiger partial charge in [0.1, 0.15) is 0 Å². The van der Waals surface area contributed by atoms with Gasteiger partial charge in [-0.2, -0.15) is 13.2 Å². The number of nitrogens with one attached hydrogen (secondary N) is 1. The minimum atomic E-state index is -4.34. The third-order valence-corrected chi connectivity index (χ3v) is 7.01. The largest absolute Gasteiger partial charge is 0.416 e. The van der Waals surface area contributed by atoms with Crippen LogP contribution in [-0.4, -0.2) is 33.4 Å². The van der Waals surface area contributed by atoms with Crippen LogP contribution in [-0.2, 0) is 17.5 Å². The van der Waals surface area contributed by atoms with Crippen molar-refractivity contribution in [2.75, 3.05) is 13.1 Å². The summed E-state index contributed by atoms with van der Waals surface area (Å²) in [6.07, 6.45) is 2.72. The number of alkyl halides is 3. The van der Waals surface area contributed by atoms with Crippen molar-refractivity contribution in [1.82, 2.24) is 19.8 Å². The van der Waals surface area contributed by atoms with E-state index in [1.54, 1.807) is 6.20 Å². The number of hydrogen-bond acceptors (Lipinski definition) is 3. The lowest BCUT2D eigenvalue weighted by atomic mass is 9.94. The second-order valence-electron chi connectivity index (χ2n) is 9.63. The standard InChI is InChI=1S/C30H29F3N4O/c31-30(32,33)25-9-11-26(12-10-25)37-19-13-22(21-37)20-36-17-14-24(15-18-36)29(38)35-28(23-6-2-1-3-7-23)27-8-4-5-16-34-27/h1-13,16,19,21,24,28H,14-15,17-18,20H2,(H,35,38). The molecule has 1 amide bonds. The van der Waals surface area contributed by atoms with E-state index in [0.717, 1.165) is 61.4 Å². The Bertz CT molecular complexity index is 1290. The minimum Gasteiger partial charge on any atom is -0.343 e. The number of halogens is 3. The number of nitrogens with zero attached hydrogens (tertiary/aromatic N) is 3. The van der Waals surface area contributed by atoms with Gasteiger partial charge in [0.15, 0.2) is 0 Å². The summed E-state index contributed by atoms with van der Waals surface area (Å²) >= 11 is 0. The predicted molar refractivity (Wildman–Crippen MR) is 139 cm³/mol. The molecule has 5 rings (SSSR count). The highest BCUT2D eigenvalue weighted by atomic mass is 19.4. The van der Waals surface area contributed by atoms with E-state index in [4.69, 9.17) is 0 Å².